The zero-order chi connectivity index (χ0) is 19.7. The second-order valence-electron chi connectivity index (χ2n) is 5.45. The van der Waals surface area contributed by atoms with E-state index in [0.29, 0.717) is 5.39 Å². The number of carbonyl (C=O) groups excluding carboxylic acids is 1. The van der Waals surface area contributed by atoms with E-state index in [9.17, 15) is 8.42 Å². The van der Waals surface area contributed by atoms with Gasteiger partial charge in [0.1, 0.15) is 11.7 Å². The van der Waals surface area contributed by atoms with Crippen molar-refractivity contribution in [1.82, 2.24) is 0 Å². The Morgan fingerprint density at radius 2 is 1.04 bits per heavy atom. The molecule has 0 saturated heterocycles. The summed E-state index contributed by atoms with van der Waals surface area (Å²) in [6, 6.07) is 29.1. The predicted octanol–water partition coefficient (Wildman–Crippen LogP) is 4.83. The van der Waals surface area contributed by atoms with Gasteiger partial charge in [0.05, 0.1) is 7.11 Å². The van der Waals surface area contributed by atoms with Gasteiger partial charge in [-0.15, -0.1) is 0 Å². The van der Waals surface area contributed by atoms with Crippen molar-refractivity contribution in [2.75, 3.05) is 7.11 Å². The summed E-state index contributed by atoms with van der Waals surface area (Å²) >= 11 is 0. The zero-order valence-corrected chi connectivity index (χ0v) is 15.7. The lowest BCUT2D eigenvalue weighted by Crippen LogP contribution is -2.03. The summed E-state index contributed by atoms with van der Waals surface area (Å²) in [7, 11) is -2.46. The Labute approximate surface area is 159 Å². The first-order chi connectivity index (χ1) is 13.1. The van der Waals surface area contributed by atoms with E-state index in [2.05, 4.69) is 52.7 Å². The molecule has 0 radical (unpaired) electrons. The van der Waals surface area contributed by atoms with Gasteiger partial charge in [0.25, 0.3) is 10.1 Å². The van der Waals surface area contributed by atoms with Crippen molar-refractivity contribution < 1.29 is 17.4 Å². The van der Waals surface area contributed by atoms with E-state index < -0.39 is 10.1 Å². The molecule has 4 rings (SSSR count). The lowest BCUT2D eigenvalue weighted by molar-refractivity contribution is -0.0979. The SMILES string of the molecule is C=O.COS(=O)(=O)c1cccc2ccccc12.c1ccc2ccccc2c1. The molecule has 0 N–H and O–H groups in total. The van der Waals surface area contributed by atoms with Crippen LogP contribution < -0.4 is 0 Å². The largest absolute Gasteiger partial charge is 0.307 e. The highest BCUT2D eigenvalue weighted by Gasteiger charge is 2.15. The summed E-state index contributed by atoms with van der Waals surface area (Å²) in [6.45, 7) is 2.00. The molecule has 0 heterocycles. The first-order valence-electron chi connectivity index (χ1n) is 8.13. The van der Waals surface area contributed by atoms with Crippen LogP contribution in [0.25, 0.3) is 21.5 Å². The third-order valence-corrected chi connectivity index (χ3v) is 5.23. The van der Waals surface area contributed by atoms with Gasteiger partial charge in [0.15, 0.2) is 0 Å². The fourth-order valence-corrected chi connectivity index (χ4v) is 3.52. The van der Waals surface area contributed by atoms with Crippen molar-refractivity contribution >= 4 is 38.5 Å². The second kappa shape index (κ2) is 9.62. The summed E-state index contributed by atoms with van der Waals surface area (Å²) in [5, 5.41) is 4.19. The van der Waals surface area contributed by atoms with Crippen molar-refractivity contribution in [3.05, 3.63) is 91.0 Å². The molecule has 0 amide bonds. The first kappa shape index (κ1) is 20.3. The fourth-order valence-electron chi connectivity index (χ4n) is 2.64. The monoisotopic (exact) mass is 380 g/mol. The van der Waals surface area contributed by atoms with Crippen LogP contribution in [0.15, 0.2) is 95.9 Å². The van der Waals surface area contributed by atoms with Crippen LogP contribution in [-0.4, -0.2) is 22.3 Å². The molecule has 0 aromatic heterocycles. The Hall–Kier alpha value is -3.02. The molecular weight excluding hydrogens is 360 g/mol. The molecule has 27 heavy (non-hydrogen) atoms. The third-order valence-electron chi connectivity index (χ3n) is 3.90. The topological polar surface area (TPSA) is 60.4 Å². The lowest BCUT2D eigenvalue weighted by Gasteiger charge is -2.05. The summed E-state index contributed by atoms with van der Waals surface area (Å²) in [5.41, 5.74) is 0. The maximum Gasteiger partial charge on any atom is 0.297 e. The smallest absolute Gasteiger partial charge is 0.297 e. The summed E-state index contributed by atoms with van der Waals surface area (Å²) < 4.78 is 27.7. The highest BCUT2D eigenvalue weighted by Crippen LogP contribution is 2.23. The van der Waals surface area contributed by atoms with E-state index in [0.717, 1.165) is 12.5 Å². The molecule has 0 aliphatic carbocycles. The molecule has 4 aromatic rings. The Bertz CT molecular complexity index is 1050. The van der Waals surface area contributed by atoms with Crippen LogP contribution in [0.3, 0.4) is 0 Å². The van der Waals surface area contributed by atoms with E-state index in [1.807, 2.05) is 25.0 Å². The van der Waals surface area contributed by atoms with Crippen LogP contribution in [0.5, 0.6) is 0 Å². The molecule has 0 aliphatic rings. The number of benzene rings is 4. The standard InChI is InChI=1S/C11H10O3S.C10H8.CH2O/c1-14-15(12,13)11-8-4-6-9-5-2-3-7-10(9)11;1-2-6-10-8-4-3-7-9(10)5-1;1-2/h2-8H,1H3;1-8H;1H2. The highest BCUT2D eigenvalue weighted by molar-refractivity contribution is 7.87. The molecule has 0 unspecified atom stereocenters. The normalized spacial score (nSPS) is 10.4. The first-order valence-corrected chi connectivity index (χ1v) is 9.54. The fraction of sp³-hybridized carbons (Fsp3) is 0.0455. The van der Waals surface area contributed by atoms with Gasteiger partial charge in [-0.1, -0.05) is 84.9 Å². The van der Waals surface area contributed by atoms with E-state index in [-0.39, 0.29) is 4.90 Å². The maximum absolute atomic E-state index is 11.6. The molecule has 138 valence electrons. The minimum absolute atomic E-state index is 0.211. The van der Waals surface area contributed by atoms with Gasteiger partial charge in [-0.05, 0) is 22.2 Å². The maximum atomic E-state index is 11.6. The van der Waals surface area contributed by atoms with Crippen LogP contribution >= 0.6 is 0 Å². The Kier molecular flexibility index (Phi) is 7.23. The van der Waals surface area contributed by atoms with Crippen molar-refractivity contribution in [2.24, 2.45) is 0 Å². The number of hydrogen-bond acceptors (Lipinski definition) is 4. The number of fused-ring (bicyclic) bond motifs is 2. The Balaban J connectivity index is 0.000000189. The van der Waals surface area contributed by atoms with Gasteiger partial charge in [-0.3, -0.25) is 4.18 Å². The van der Waals surface area contributed by atoms with Gasteiger partial charge in [-0.25, -0.2) is 0 Å². The molecule has 4 aromatic carbocycles. The molecule has 0 aliphatic heterocycles. The van der Waals surface area contributed by atoms with Crippen molar-refractivity contribution in [3.63, 3.8) is 0 Å². The average Bonchev–Trinajstić information content (AvgIpc) is 2.75. The number of rotatable bonds is 2. The van der Waals surface area contributed by atoms with Gasteiger partial charge < -0.3 is 4.79 Å². The van der Waals surface area contributed by atoms with Gasteiger partial charge >= 0.3 is 0 Å². The third kappa shape index (κ3) is 5.00. The van der Waals surface area contributed by atoms with Crippen LogP contribution in [0.4, 0.5) is 0 Å². The molecule has 0 fully saturated rings. The predicted molar refractivity (Wildman–Crippen MR) is 109 cm³/mol. The molecule has 4 nitrogen and oxygen atoms in total. The molecule has 0 bridgehead atoms. The minimum Gasteiger partial charge on any atom is -0.307 e. The molecule has 0 spiro atoms. The van der Waals surface area contributed by atoms with Crippen molar-refractivity contribution in [3.8, 4) is 0 Å². The van der Waals surface area contributed by atoms with Gasteiger partial charge in [-0.2, -0.15) is 8.42 Å². The zero-order valence-electron chi connectivity index (χ0n) is 14.9. The Morgan fingerprint density at radius 3 is 1.52 bits per heavy atom. The van der Waals surface area contributed by atoms with Crippen molar-refractivity contribution in [2.45, 2.75) is 4.90 Å². The molecule has 5 heteroatoms. The summed E-state index contributed by atoms with van der Waals surface area (Å²) in [4.78, 5) is 8.21. The second-order valence-corrected chi connectivity index (χ2v) is 7.13. The van der Waals surface area contributed by atoms with Crippen LogP contribution in [-0.2, 0) is 19.1 Å². The average molecular weight is 380 g/mol. The number of hydrogen-bond donors (Lipinski definition) is 0. The molecule has 0 atom stereocenters. The van der Waals surface area contributed by atoms with Gasteiger partial charge in [0.2, 0.25) is 0 Å². The van der Waals surface area contributed by atoms with E-state index in [4.69, 9.17) is 4.79 Å². The van der Waals surface area contributed by atoms with Crippen molar-refractivity contribution in [1.29, 1.82) is 0 Å². The van der Waals surface area contributed by atoms with E-state index in [1.54, 1.807) is 24.3 Å². The summed E-state index contributed by atoms with van der Waals surface area (Å²) in [5.74, 6) is 0. The van der Waals surface area contributed by atoms with E-state index >= 15 is 0 Å². The molecular formula is C22H20O4S. The number of carbonyl (C=O) groups is 1. The van der Waals surface area contributed by atoms with Crippen LogP contribution in [0, 0.1) is 0 Å². The Morgan fingerprint density at radius 1 is 0.630 bits per heavy atom. The summed E-state index contributed by atoms with van der Waals surface area (Å²) in [6.07, 6.45) is 0. The van der Waals surface area contributed by atoms with Gasteiger partial charge in [0, 0.05) is 5.39 Å². The van der Waals surface area contributed by atoms with Crippen LogP contribution in [0.2, 0.25) is 0 Å². The quantitative estimate of drug-likeness (QED) is 0.467. The highest BCUT2D eigenvalue weighted by atomic mass is 32.2. The van der Waals surface area contributed by atoms with Crippen LogP contribution in [0.1, 0.15) is 0 Å². The van der Waals surface area contributed by atoms with E-state index in [1.165, 1.54) is 10.8 Å². The minimum atomic E-state index is -3.62. The lowest BCUT2D eigenvalue weighted by atomic mass is 10.1. The molecule has 0 saturated carbocycles.